The molecule has 1 fully saturated rings. The number of rotatable bonds is 5. The molecule has 0 unspecified atom stereocenters. The lowest BCUT2D eigenvalue weighted by molar-refractivity contribution is -0.130. The van der Waals surface area contributed by atoms with Crippen LogP contribution in [0.4, 0.5) is 0 Å². The van der Waals surface area contributed by atoms with Crippen molar-refractivity contribution in [2.75, 3.05) is 7.11 Å². The molecule has 4 nitrogen and oxygen atoms in total. The molecule has 0 radical (unpaired) electrons. The van der Waals surface area contributed by atoms with Gasteiger partial charge in [-0.2, -0.15) is 0 Å². The smallest absolute Gasteiger partial charge is 0.243 e. The minimum absolute atomic E-state index is 0.0406. The zero-order chi connectivity index (χ0) is 19.6. The first kappa shape index (κ1) is 19.5. The lowest BCUT2D eigenvalue weighted by Gasteiger charge is -2.19. The molecular formula is C21H20ClNO3S. The Kier molecular flexibility index (Phi) is 5.63. The Morgan fingerprint density at radius 2 is 1.85 bits per heavy atom. The van der Waals surface area contributed by atoms with Crippen LogP contribution >= 0.6 is 23.4 Å². The Labute approximate surface area is 168 Å². The maximum absolute atomic E-state index is 12.8. The molecule has 6 heteroatoms. The number of halogens is 1. The van der Waals surface area contributed by atoms with E-state index in [1.807, 2.05) is 32.0 Å². The van der Waals surface area contributed by atoms with Gasteiger partial charge in [-0.15, -0.1) is 0 Å². The van der Waals surface area contributed by atoms with Gasteiger partial charge in [-0.25, -0.2) is 0 Å². The van der Waals surface area contributed by atoms with Crippen LogP contribution in [0.15, 0.2) is 59.6 Å². The molecule has 2 aromatic rings. The third kappa shape index (κ3) is 4.20. The Hall–Kier alpha value is -2.24. The van der Waals surface area contributed by atoms with Crippen LogP contribution in [0, 0.1) is 0 Å². The topological polar surface area (TPSA) is 46.6 Å². The summed E-state index contributed by atoms with van der Waals surface area (Å²) in [6.45, 7) is 4.05. The SMILES string of the molecule is COc1ccc(C(=O)/C=C2\SC(C)(C)C(=O)N2Cc2ccccc2Cl)cc1. The molecule has 0 saturated carbocycles. The summed E-state index contributed by atoms with van der Waals surface area (Å²) in [5, 5.41) is 1.23. The monoisotopic (exact) mass is 401 g/mol. The van der Waals surface area contributed by atoms with Crippen molar-refractivity contribution in [1.29, 1.82) is 0 Å². The van der Waals surface area contributed by atoms with Crippen LogP contribution in [0.3, 0.4) is 0 Å². The fourth-order valence-corrected chi connectivity index (χ4v) is 4.13. The Balaban J connectivity index is 1.90. The Morgan fingerprint density at radius 1 is 1.19 bits per heavy atom. The number of methoxy groups -OCH3 is 1. The van der Waals surface area contributed by atoms with E-state index in [4.69, 9.17) is 16.3 Å². The molecule has 140 valence electrons. The minimum atomic E-state index is -0.632. The third-order valence-electron chi connectivity index (χ3n) is 4.30. The van der Waals surface area contributed by atoms with Gasteiger partial charge in [0.05, 0.1) is 23.4 Å². The van der Waals surface area contributed by atoms with Crippen molar-refractivity contribution < 1.29 is 14.3 Å². The van der Waals surface area contributed by atoms with E-state index in [0.29, 0.717) is 27.9 Å². The van der Waals surface area contributed by atoms with Gasteiger partial charge in [0, 0.05) is 16.7 Å². The molecule has 0 aliphatic carbocycles. The molecule has 2 aromatic carbocycles. The number of thioether (sulfide) groups is 1. The van der Waals surface area contributed by atoms with Gasteiger partial charge in [0.25, 0.3) is 0 Å². The second-order valence-corrected chi connectivity index (χ2v) is 8.72. The summed E-state index contributed by atoms with van der Waals surface area (Å²) in [5.74, 6) is 0.488. The third-order valence-corrected chi connectivity index (χ3v) is 5.90. The predicted molar refractivity (Wildman–Crippen MR) is 109 cm³/mol. The summed E-state index contributed by atoms with van der Waals surface area (Å²) in [6, 6.07) is 14.3. The highest BCUT2D eigenvalue weighted by Crippen LogP contribution is 2.44. The van der Waals surface area contributed by atoms with Crippen molar-refractivity contribution in [1.82, 2.24) is 4.90 Å². The van der Waals surface area contributed by atoms with Crippen molar-refractivity contribution in [3.05, 3.63) is 75.8 Å². The van der Waals surface area contributed by atoms with Crippen molar-refractivity contribution in [2.45, 2.75) is 25.1 Å². The molecule has 0 bridgehead atoms. The number of hydrogen-bond donors (Lipinski definition) is 0. The average Bonchev–Trinajstić information content (AvgIpc) is 2.86. The van der Waals surface area contributed by atoms with E-state index < -0.39 is 4.75 Å². The fourth-order valence-electron chi connectivity index (χ4n) is 2.79. The lowest BCUT2D eigenvalue weighted by Crippen LogP contribution is -2.33. The second-order valence-electron chi connectivity index (χ2n) is 6.67. The summed E-state index contributed by atoms with van der Waals surface area (Å²) >= 11 is 7.65. The molecule has 1 amide bonds. The molecule has 0 N–H and O–H groups in total. The quantitative estimate of drug-likeness (QED) is 0.526. The van der Waals surface area contributed by atoms with Crippen LogP contribution in [0.5, 0.6) is 5.75 Å². The van der Waals surface area contributed by atoms with Gasteiger partial charge in [-0.3, -0.25) is 9.59 Å². The summed E-state index contributed by atoms with van der Waals surface area (Å²) in [5.41, 5.74) is 1.38. The number of allylic oxidation sites excluding steroid dienone is 1. The van der Waals surface area contributed by atoms with Gasteiger partial charge in [0.1, 0.15) is 5.75 Å². The number of hydrogen-bond acceptors (Lipinski definition) is 4. The number of ketones is 1. The molecular weight excluding hydrogens is 382 g/mol. The Morgan fingerprint density at radius 3 is 2.48 bits per heavy atom. The molecule has 1 aliphatic heterocycles. The van der Waals surface area contributed by atoms with E-state index >= 15 is 0 Å². The minimum Gasteiger partial charge on any atom is -0.497 e. The standard InChI is InChI=1S/C21H20ClNO3S/c1-21(2)20(25)23(13-15-6-4-5-7-17(15)22)19(27-21)12-18(24)14-8-10-16(26-3)11-9-14/h4-12H,13H2,1-3H3/b19-12-. The van der Waals surface area contributed by atoms with E-state index in [-0.39, 0.29) is 11.7 Å². The van der Waals surface area contributed by atoms with Crippen molar-refractivity contribution in [3.63, 3.8) is 0 Å². The highest BCUT2D eigenvalue weighted by Gasteiger charge is 2.43. The van der Waals surface area contributed by atoms with E-state index in [1.165, 1.54) is 17.8 Å². The van der Waals surface area contributed by atoms with E-state index in [2.05, 4.69) is 0 Å². The number of carbonyl (C=O) groups is 2. The summed E-state index contributed by atoms with van der Waals surface area (Å²) in [7, 11) is 1.58. The Bertz CT molecular complexity index is 906. The predicted octanol–water partition coefficient (Wildman–Crippen LogP) is 4.93. The van der Waals surface area contributed by atoms with Crippen LogP contribution in [-0.4, -0.2) is 28.4 Å². The molecule has 27 heavy (non-hydrogen) atoms. The number of carbonyl (C=O) groups excluding carboxylic acids is 2. The van der Waals surface area contributed by atoms with Crippen LogP contribution in [0.25, 0.3) is 0 Å². The van der Waals surface area contributed by atoms with Crippen molar-refractivity contribution in [2.24, 2.45) is 0 Å². The normalized spacial score (nSPS) is 17.4. The summed E-state index contributed by atoms with van der Waals surface area (Å²) in [6.07, 6.45) is 1.52. The first-order valence-electron chi connectivity index (χ1n) is 8.46. The van der Waals surface area contributed by atoms with Crippen molar-refractivity contribution >= 4 is 35.1 Å². The zero-order valence-corrected chi connectivity index (χ0v) is 16.9. The van der Waals surface area contributed by atoms with Gasteiger partial charge < -0.3 is 9.64 Å². The molecule has 1 aliphatic rings. The number of nitrogens with zero attached hydrogens (tertiary/aromatic N) is 1. The molecule has 1 saturated heterocycles. The van der Waals surface area contributed by atoms with Gasteiger partial charge in [-0.1, -0.05) is 41.6 Å². The lowest BCUT2D eigenvalue weighted by atomic mass is 10.1. The molecule has 1 heterocycles. The number of benzene rings is 2. The van der Waals surface area contributed by atoms with E-state index in [9.17, 15) is 9.59 Å². The molecule has 3 rings (SSSR count). The summed E-state index contributed by atoms with van der Waals surface area (Å²) in [4.78, 5) is 27.2. The molecule has 0 spiro atoms. The largest absolute Gasteiger partial charge is 0.497 e. The highest BCUT2D eigenvalue weighted by molar-refractivity contribution is 8.05. The van der Waals surface area contributed by atoms with Crippen LogP contribution in [-0.2, 0) is 11.3 Å². The van der Waals surface area contributed by atoms with Crippen LogP contribution in [0.2, 0.25) is 5.02 Å². The van der Waals surface area contributed by atoms with Gasteiger partial charge >= 0.3 is 0 Å². The van der Waals surface area contributed by atoms with Gasteiger partial charge in [-0.05, 0) is 49.7 Å². The highest BCUT2D eigenvalue weighted by atomic mass is 35.5. The van der Waals surface area contributed by atoms with Gasteiger partial charge in [0.2, 0.25) is 5.91 Å². The fraction of sp³-hybridized carbons (Fsp3) is 0.238. The maximum Gasteiger partial charge on any atom is 0.243 e. The average molecular weight is 402 g/mol. The van der Waals surface area contributed by atoms with Crippen LogP contribution < -0.4 is 4.74 Å². The molecule has 0 atom stereocenters. The zero-order valence-electron chi connectivity index (χ0n) is 15.4. The number of amides is 1. The number of ether oxygens (including phenoxy) is 1. The van der Waals surface area contributed by atoms with Crippen LogP contribution in [0.1, 0.15) is 29.8 Å². The summed E-state index contributed by atoms with van der Waals surface area (Å²) < 4.78 is 4.49. The van der Waals surface area contributed by atoms with Gasteiger partial charge in [0.15, 0.2) is 5.78 Å². The first-order valence-corrected chi connectivity index (χ1v) is 9.66. The van der Waals surface area contributed by atoms with E-state index in [1.54, 1.807) is 42.3 Å². The molecule has 0 aromatic heterocycles. The first-order chi connectivity index (χ1) is 12.8. The second kappa shape index (κ2) is 7.79. The van der Waals surface area contributed by atoms with E-state index in [0.717, 1.165) is 5.56 Å². The van der Waals surface area contributed by atoms with Crippen molar-refractivity contribution in [3.8, 4) is 5.75 Å². The maximum atomic E-state index is 12.8.